The van der Waals surface area contributed by atoms with Gasteiger partial charge in [-0.25, -0.2) is 4.79 Å². The normalized spacial score (nSPS) is 14.0. The zero-order chi connectivity index (χ0) is 16.3. The number of carbonyl (C=O) groups excluding carboxylic acids is 1. The molecule has 1 amide bonds. The highest BCUT2D eigenvalue weighted by Gasteiger charge is 2.26. The summed E-state index contributed by atoms with van der Waals surface area (Å²) in [6.45, 7) is 5.55. The molecule has 1 unspecified atom stereocenters. The number of carboxylic acids is 1. The van der Waals surface area contributed by atoms with Gasteiger partial charge in [-0.3, -0.25) is 4.79 Å². The fraction of sp³-hybridized carbons (Fsp3) is 0.412. The van der Waals surface area contributed by atoms with E-state index < -0.39 is 17.9 Å². The average molecular weight is 303 g/mol. The first kappa shape index (κ1) is 16.1. The van der Waals surface area contributed by atoms with Crippen LogP contribution in [0.25, 0.3) is 11.0 Å². The van der Waals surface area contributed by atoms with E-state index in [1.807, 2.05) is 44.2 Å². The van der Waals surface area contributed by atoms with E-state index in [0.29, 0.717) is 17.8 Å². The molecule has 0 aliphatic carbocycles. The minimum absolute atomic E-state index is 0.183. The summed E-state index contributed by atoms with van der Waals surface area (Å²) in [6.07, 6.45) is 0.397. The fourth-order valence-electron chi connectivity index (χ4n) is 2.33. The molecular weight excluding hydrogens is 282 g/mol. The van der Waals surface area contributed by atoms with E-state index in [1.54, 1.807) is 6.92 Å². The summed E-state index contributed by atoms with van der Waals surface area (Å²) < 4.78 is 5.67. The van der Waals surface area contributed by atoms with Gasteiger partial charge in [-0.2, -0.15) is 0 Å². The Morgan fingerprint density at radius 1 is 1.23 bits per heavy atom. The largest absolute Gasteiger partial charge is 0.480 e. The molecule has 0 bridgehead atoms. The van der Waals surface area contributed by atoms with E-state index in [1.165, 1.54) is 0 Å². The van der Waals surface area contributed by atoms with Crippen molar-refractivity contribution < 1.29 is 19.1 Å². The third-order valence-electron chi connectivity index (χ3n) is 3.59. The lowest BCUT2D eigenvalue weighted by molar-refractivity contribution is -0.142. The zero-order valence-corrected chi connectivity index (χ0v) is 13.0. The highest BCUT2D eigenvalue weighted by atomic mass is 16.4. The first-order valence-electron chi connectivity index (χ1n) is 7.40. The molecule has 118 valence electrons. The number of rotatable bonds is 6. The summed E-state index contributed by atoms with van der Waals surface area (Å²) in [4.78, 5) is 23.5. The SMILES string of the molecule is CC(C)C[C@@H](NC(=O)C(C)c1cc2ccccc2o1)C(=O)O. The van der Waals surface area contributed by atoms with Crippen molar-refractivity contribution in [2.45, 2.75) is 39.2 Å². The molecule has 0 saturated heterocycles. The predicted molar refractivity (Wildman–Crippen MR) is 83.7 cm³/mol. The number of carbonyl (C=O) groups is 2. The molecule has 0 fully saturated rings. The third-order valence-corrected chi connectivity index (χ3v) is 3.59. The Balaban J connectivity index is 2.12. The number of fused-ring (bicyclic) bond motifs is 1. The molecule has 0 aliphatic heterocycles. The highest BCUT2D eigenvalue weighted by Crippen LogP contribution is 2.25. The van der Waals surface area contributed by atoms with Crippen molar-refractivity contribution in [1.82, 2.24) is 5.32 Å². The molecule has 0 saturated carbocycles. The van der Waals surface area contributed by atoms with Crippen molar-refractivity contribution in [2.24, 2.45) is 5.92 Å². The van der Waals surface area contributed by atoms with E-state index >= 15 is 0 Å². The molecule has 2 aromatic rings. The number of nitrogens with one attached hydrogen (secondary N) is 1. The summed E-state index contributed by atoms with van der Waals surface area (Å²) in [6, 6.07) is 8.45. The molecule has 0 radical (unpaired) electrons. The number of hydrogen-bond acceptors (Lipinski definition) is 3. The zero-order valence-electron chi connectivity index (χ0n) is 13.0. The standard InChI is InChI=1S/C17H21NO4/c1-10(2)8-13(17(20)21)18-16(19)11(3)15-9-12-6-4-5-7-14(12)22-15/h4-7,9-11,13H,8H2,1-3H3,(H,18,19)(H,20,21)/t11?,13-/m1/s1. The number of carboxylic acid groups (broad SMARTS) is 1. The van der Waals surface area contributed by atoms with Gasteiger partial charge >= 0.3 is 5.97 Å². The van der Waals surface area contributed by atoms with E-state index in [4.69, 9.17) is 4.42 Å². The molecule has 2 N–H and O–H groups in total. The number of furan rings is 1. The second-order valence-electron chi connectivity index (χ2n) is 5.94. The fourth-order valence-corrected chi connectivity index (χ4v) is 2.33. The lowest BCUT2D eigenvalue weighted by atomic mass is 10.0. The first-order chi connectivity index (χ1) is 10.4. The van der Waals surface area contributed by atoms with Gasteiger partial charge in [0.25, 0.3) is 0 Å². The molecule has 5 nitrogen and oxygen atoms in total. The molecule has 2 rings (SSSR count). The van der Waals surface area contributed by atoms with Crippen LogP contribution in [0.1, 0.15) is 38.9 Å². The Morgan fingerprint density at radius 3 is 2.50 bits per heavy atom. The van der Waals surface area contributed by atoms with Gasteiger partial charge < -0.3 is 14.8 Å². The van der Waals surface area contributed by atoms with Crippen molar-refractivity contribution in [3.8, 4) is 0 Å². The molecule has 1 aromatic carbocycles. The molecule has 1 aromatic heterocycles. The van der Waals surface area contributed by atoms with Gasteiger partial charge in [0.15, 0.2) is 0 Å². The van der Waals surface area contributed by atoms with Crippen LogP contribution in [0.4, 0.5) is 0 Å². The summed E-state index contributed by atoms with van der Waals surface area (Å²) in [5, 5.41) is 12.7. The summed E-state index contributed by atoms with van der Waals surface area (Å²) in [5.74, 6) is -1.18. The minimum atomic E-state index is -1.01. The van der Waals surface area contributed by atoms with Crippen molar-refractivity contribution in [3.05, 3.63) is 36.1 Å². The van der Waals surface area contributed by atoms with E-state index in [-0.39, 0.29) is 11.8 Å². The summed E-state index contributed by atoms with van der Waals surface area (Å²) in [7, 11) is 0. The first-order valence-corrected chi connectivity index (χ1v) is 7.40. The Kier molecular flexibility index (Phi) is 4.85. The molecule has 0 spiro atoms. The van der Waals surface area contributed by atoms with Gasteiger partial charge in [0.1, 0.15) is 17.4 Å². The second kappa shape index (κ2) is 6.64. The molecule has 22 heavy (non-hydrogen) atoms. The molecule has 1 heterocycles. The lowest BCUT2D eigenvalue weighted by Gasteiger charge is -2.18. The van der Waals surface area contributed by atoms with Crippen molar-refractivity contribution in [2.75, 3.05) is 0 Å². The topological polar surface area (TPSA) is 79.5 Å². The van der Waals surface area contributed by atoms with Crippen LogP contribution in [0, 0.1) is 5.92 Å². The van der Waals surface area contributed by atoms with Crippen molar-refractivity contribution >= 4 is 22.8 Å². The number of benzene rings is 1. The second-order valence-corrected chi connectivity index (χ2v) is 5.94. The van der Waals surface area contributed by atoms with Crippen molar-refractivity contribution in [1.29, 1.82) is 0 Å². The van der Waals surface area contributed by atoms with Gasteiger partial charge in [-0.1, -0.05) is 32.0 Å². The van der Waals surface area contributed by atoms with Gasteiger partial charge in [0, 0.05) is 5.39 Å². The number of para-hydroxylation sites is 1. The summed E-state index contributed by atoms with van der Waals surface area (Å²) in [5.41, 5.74) is 0.717. The van der Waals surface area contributed by atoms with Gasteiger partial charge in [0.05, 0.1) is 5.92 Å². The van der Waals surface area contributed by atoms with Crippen LogP contribution in [0.3, 0.4) is 0 Å². The number of hydrogen-bond donors (Lipinski definition) is 2. The van der Waals surface area contributed by atoms with Crippen LogP contribution >= 0.6 is 0 Å². The van der Waals surface area contributed by atoms with Gasteiger partial charge in [-0.05, 0) is 31.4 Å². The minimum Gasteiger partial charge on any atom is -0.480 e. The van der Waals surface area contributed by atoms with E-state index in [9.17, 15) is 14.7 Å². The average Bonchev–Trinajstić information content (AvgIpc) is 2.88. The molecule has 2 atom stereocenters. The van der Waals surface area contributed by atoms with Crippen LogP contribution in [0.15, 0.2) is 34.7 Å². The van der Waals surface area contributed by atoms with Crippen LogP contribution in [-0.2, 0) is 9.59 Å². The van der Waals surface area contributed by atoms with Crippen molar-refractivity contribution in [3.63, 3.8) is 0 Å². The maximum atomic E-state index is 12.3. The molecular formula is C17H21NO4. The predicted octanol–water partition coefficient (Wildman–Crippen LogP) is 3.15. The number of aliphatic carboxylic acids is 1. The number of amides is 1. The quantitative estimate of drug-likeness (QED) is 0.859. The van der Waals surface area contributed by atoms with E-state index in [0.717, 1.165) is 5.39 Å². The van der Waals surface area contributed by atoms with E-state index in [2.05, 4.69) is 5.32 Å². The van der Waals surface area contributed by atoms with Crippen LogP contribution in [-0.4, -0.2) is 23.0 Å². The van der Waals surface area contributed by atoms with Gasteiger partial charge in [0.2, 0.25) is 5.91 Å². The van der Waals surface area contributed by atoms with Crippen LogP contribution in [0.5, 0.6) is 0 Å². The Morgan fingerprint density at radius 2 is 1.91 bits per heavy atom. The smallest absolute Gasteiger partial charge is 0.326 e. The highest BCUT2D eigenvalue weighted by molar-refractivity contribution is 5.88. The van der Waals surface area contributed by atoms with Crippen LogP contribution in [0.2, 0.25) is 0 Å². The Labute approximate surface area is 129 Å². The maximum absolute atomic E-state index is 12.3. The maximum Gasteiger partial charge on any atom is 0.326 e. The summed E-state index contributed by atoms with van der Waals surface area (Å²) >= 11 is 0. The van der Waals surface area contributed by atoms with Gasteiger partial charge in [-0.15, -0.1) is 0 Å². The Bertz CT molecular complexity index is 641. The monoisotopic (exact) mass is 303 g/mol. The molecule has 5 heteroatoms. The lowest BCUT2D eigenvalue weighted by Crippen LogP contribution is -2.43. The third kappa shape index (κ3) is 3.67. The Hall–Kier alpha value is -2.30. The van der Waals surface area contributed by atoms with Crippen LogP contribution < -0.4 is 5.32 Å². The molecule has 0 aliphatic rings.